The van der Waals surface area contributed by atoms with E-state index in [1.54, 1.807) is 12.1 Å². The third-order valence-electron chi connectivity index (χ3n) is 3.12. The van der Waals surface area contributed by atoms with Crippen LogP contribution < -0.4 is 5.73 Å². The SMILES string of the molecule is I.NC(=NCCOCc1ccc(Cl)cc1Cl)N1CCSCC1. The molecule has 1 aromatic rings. The number of nitrogens with two attached hydrogens (primary N) is 1. The molecule has 8 heteroatoms. The van der Waals surface area contributed by atoms with E-state index in [4.69, 9.17) is 33.7 Å². The molecular weight excluding hydrogens is 456 g/mol. The number of thioether (sulfide) groups is 1. The molecule has 0 amide bonds. The minimum Gasteiger partial charge on any atom is -0.375 e. The van der Waals surface area contributed by atoms with Gasteiger partial charge in [-0.15, -0.1) is 24.0 Å². The van der Waals surface area contributed by atoms with Crippen LogP contribution in [0.25, 0.3) is 0 Å². The first-order chi connectivity index (χ1) is 10.2. The molecule has 0 unspecified atom stereocenters. The van der Waals surface area contributed by atoms with E-state index in [-0.39, 0.29) is 24.0 Å². The van der Waals surface area contributed by atoms with Crippen molar-refractivity contribution in [1.82, 2.24) is 4.90 Å². The van der Waals surface area contributed by atoms with E-state index in [9.17, 15) is 0 Å². The first-order valence-electron chi connectivity index (χ1n) is 6.81. The van der Waals surface area contributed by atoms with Gasteiger partial charge in [-0.05, 0) is 17.7 Å². The van der Waals surface area contributed by atoms with E-state index >= 15 is 0 Å². The van der Waals surface area contributed by atoms with Crippen LogP contribution in [0.2, 0.25) is 10.0 Å². The zero-order valence-electron chi connectivity index (χ0n) is 12.1. The van der Waals surface area contributed by atoms with Gasteiger partial charge in [0.15, 0.2) is 5.96 Å². The molecule has 22 heavy (non-hydrogen) atoms. The summed E-state index contributed by atoms with van der Waals surface area (Å²) in [4.78, 5) is 6.47. The predicted octanol–water partition coefficient (Wildman–Crippen LogP) is 3.49. The highest BCUT2D eigenvalue weighted by Gasteiger charge is 2.11. The zero-order chi connectivity index (χ0) is 15.1. The third kappa shape index (κ3) is 6.70. The van der Waals surface area contributed by atoms with Gasteiger partial charge in [0, 0.05) is 34.6 Å². The fraction of sp³-hybridized carbons (Fsp3) is 0.500. The molecular formula is C14H20Cl2IN3OS. The van der Waals surface area contributed by atoms with Crippen molar-refractivity contribution in [2.45, 2.75) is 6.61 Å². The van der Waals surface area contributed by atoms with Crippen LogP contribution in [-0.4, -0.2) is 48.6 Å². The lowest BCUT2D eigenvalue weighted by molar-refractivity contribution is 0.128. The Kier molecular flexibility index (Phi) is 9.90. The predicted molar refractivity (Wildman–Crippen MR) is 107 cm³/mol. The fourth-order valence-corrected chi connectivity index (χ4v) is 3.30. The number of halogens is 3. The second-order valence-electron chi connectivity index (χ2n) is 4.63. The number of ether oxygens (including phenoxy) is 1. The molecule has 1 fully saturated rings. The molecule has 0 aliphatic carbocycles. The monoisotopic (exact) mass is 475 g/mol. The van der Waals surface area contributed by atoms with Crippen LogP contribution in [0.15, 0.2) is 23.2 Å². The van der Waals surface area contributed by atoms with Gasteiger partial charge in [-0.1, -0.05) is 29.3 Å². The number of nitrogens with zero attached hydrogens (tertiary/aromatic N) is 2. The molecule has 124 valence electrons. The molecule has 1 aliphatic heterocycles. The number of hydrogen-bond donors (Lipinski definition) is 1. The standard InChI is InChI=1S/C14H19Cl2N3OS.HI/c15-12-2-1-11(13(16)9-12)10-20-6-3-18-14(17)19-4-7-21-8-5-19;/h1-2,9H,3-8,10H2,(H2,17,18);1H. The van der Waals surface area contributed by atoms with Gasteiger partial charge in [-0.3, -0.25) is 4.99 Å². The summed E-state index contributed by atoms with van der Waals surface area (Å²) in [6.45, 7) is 3.47. The van der Waals surface area contributed by atoms with Crippen LogP contribution in [-0.2, 0) is 11.3 Å². The van der Waals surface area contributed by atoms with Crippen LogP contribution >= 0.6 is 58.9 Å². The van der Waals surface area contributed by atoms with Gasteiger partial charge in [0.2, 0.25) is 0 Å². The Labute approximate surface area is 162 Å². The lowest BCUT2D eigenvalue weighted by Crippen LogP contribution is -2.42. The number of aliphatic imine (C=N–C) groups is 1. The van der Waals surface area contributed by atoms with Crippen LogP contribution in [0.3, 0.4) is 0 Å². The summed E-state index contributed by atoms with van der Waals surface area (Å²) in [7, 11) is 0. The maximum absolute atomic E-state index is 6.07. The molecule has 0 atom stereocenters. The number of benzene rings is 1. The summed E-state index contributed by atoms with van der Waals surface area (Å²) < 4.78 is 5.57. The quantitative estimate of drug-likeness (QED) is 0.306. The van der Waals surface area contributed by atoms with Crippen LogP contribution in [0, 0.1) is 0 Å². The first kappa shape index (κ1) is 20.2. The molecule has 0 spiro atoms. The van der Waals surface area contributed by atoms with Gasteiger partial charge >= 0.3 is 0 Å². The lowest BCUT2D eigenvalue weighted by atomic mass is 10.2. The second-order valence-corrected chi connectivity index (χ2v) is 6.70. The molecule has 1 saturated heterocycles. The van der Waals surface area contributed by atoms with E-state index in [1.165, 1.54) is 0 Å². The fourth-order valence-electron chi connectivity index (χ4n) is 1.94. The molecule has 0 saturated carbocycles. The Bertz CT molecular complexity index is 499. The summed E-state index contributed by atoms with van der Waals surface area (Å²) in [6.07, 6.45) is 0. The van der Waals surface area contributed by atoms with Crippen molar-refractivity contribution in [3.8, 4) is 0 Å². The van der Waals surface area contributed by atoms with Gasteiger partial charge in [0.05, 0.1) is 19.8 Å². The van der Waals surface area contributed by atoms with E-state index in [2.05, 4.69) is 9.89 Å². The summed E-state index contributed by atoms with van der Waals surface area (Å²) in [5, 5.41) is 1.25. The van der Waals surface area contributed by atoms with Crippen LogP contribution in [0.5, 0.6) is 0 Å². The minimum absolute atomic E-state index is 0. The highest BCUT2D eigenvalue weighted by atomic mass is 127. The van der Waals surface area contributed by atoms with E-state index in [1.807, 2.05) is 17.8 Å². The lowest BCUT2D eigenvalue weighted by Gasteiger charge is -2.27. The van der Waals surface area contributed by atoms with E-state index in [0.29, 0.717) is 35.8 Å². The highest BCUT2D eigenvalue weighted by molar-refractivity contribution is 14.0. The average molecular weight is 476 g/mol. The molecule has 1 heterocycles. The molecule has 1 aliphatic rings. The summed E-state index contributed by atoms with van der Waals surface area (Å²) in [6, 6.07) is 5.39. The third-order valence-corrected chi connectivity index (χ3v) is 4.65. The molecule has 2 N–H and O–H groups in total. The largest absolute Gasteiger partial charge is 0.375 e. The molecule has 4 nitrogen and oxygen atoms in total. The Morgan fingerprint density at radius 2 is 2.05 bits per heavy atom. The Morgan fingerprint density at radius 1 is 1.32 bits per heavy atom. The van der Waals surface area contributed by atoms with Gasteiger partial charge < -0.3 is 15.4 Å². The maximum atomic E-state index is 6.07. The Morgan fingerprint density at radius 3 is 2.73 bits per heavy atom. The Hall–Kier alpha value is 0.110. The van der Waals surface area contributed by atoms with E-state index in [0.717, 1.165) is 30.2 Å². The smallest absolute Gasteiger partial charge is 0.191 e. The highest BCUT2D eigenvalue weighted by Crippen LogP contribution is 2.21. The van der Waals surface area contributed by atoms with Crippen molar-refractivity contribution >= 4 is 64.9 Å². The first-order valence-corrected chi connectivity index (χ1v) is 8.72. The van der Waals surface area contributed by atoms with Gasteiger partial charge in [0.1, 0.15) is 0 Å². The molecule has 0 bridgehead atoms. The van der Waals surface area contributed by atoms with Gasteiger partial charge in [0.25, 0.3) is 0 Å². The molecule has 0 radical (unpaired) electrons. The average Bonchev–Trinajstić information content (AvgIpc) is 2.49. The number of guanidine groups is 1. The van der Waals surface area contributed by atoms with Gasteiger partial charge in [-0.2, -0.15) is 11.8 Å². The van der Waals surface area contributed by atoms with Crippen molar-refractivity contribution in [1.29, 1.82) is 0 Å². The van der Waals surface area contributed by atoms with Crippen molar-refractivity contribution in [2.75, 3.05) is 37.7 Å². The Balaban J connectivity index is 0.00000242. The van der Waals surface area contributed by atoms with Crippen LogP contribution in [0.1, 0.15) is 5.56 Å². The molecule has 0 aromatic heterocycles. The topological polar surface area (TPSA) is 50.9 Å². The summed E-state index contributed by atoms with van der Waals surface area (Å²) >= 11 is 13.9. The van der Waals surface area contributed by atoms with Crippen LogP contribution in [0.4, 0.5) is 0 Å². The minimum atomic E-state index is 0. The van der Waals surface area contributed by atoms with E-state index < -0.39 is 0 Å². The molecule has 1 aromatic carbocycles. The number of hydrogen-bond acceptors (Lipinski definition) is 3. The van der Waals surface area contributed by atoms with Crippen molar-refractivity contribution < 1.29 is 4.74 Å². The van der Waals surface area contributed by atoms with Gasteiger partial charge in [-0.25, -0.2) is 0 Å². The van der Waals surface area contributed by atoms with Crippen molar-refractivity contribution in [2.24, 2.45) is 10.7 Å². The van der Waals surface area contributed by atoms with Crippen molar-refractivity contribution in [3.05, 3.63) is 33.8 Å². The summed E-state index contributed by atoms with van der Waals surface area (Å²) in [5.74, 6) is 2.84. The maximum Gasteiger partial charge on any atom is 0.191 e. The zero-order valence-corrected chi connectivity index (χ0v) is 16.8. The normalized spacial score (nSPS) is 15.5. The second kappa shape index (κ2) is 10.8. The summed E-state index contributed by atoms with van der Waals surface area (Å²) in [5.41, 5.74) is 6.88. The van der Waals surface area contributed by atoms with Crippen molar-refractivity contribution in [3.63, 3.8) is 0 Å². The number of rotatable bonds is 5. The molecule has 2 rings (SSSR count).